The molecule has 132 valence electrons. The van der Waals surface area contributed by atoms with Crippen LogP contribution in [-0.4, -0.2) is 50.9 Å². The molecule has 1 aliphatic heterocycles. The Labute approximate surface area is 142 Å². The number of carboxylic acids is 1. The van der Waals surface area contributed by atoms with Gasteiger partial charge in [0.25, 0.3) is 0 Å². The van der Waals surface area contributed by atoms with Gasteiger partial charge in [0.05, 0.1) is 18.2 Å². The summed E-state index contributed by atoms with van der Waals surface area (Å²) in [6.45, 7) is 3.47. The van der Waals surface area contributed by atoms with Crippen LogP contribution in [0.4, 0.5) is 4.79 Å². The number of aliphatic carboxylic acids is 1. The number of carboxylic acid groups (broad SMARTS) is 1. The Morgan fingerprint density at radius 2 is 2.00 bits per heavy atom. The van der Waals surface area contributed by atoms with Gasteiger partial charge < -0.3 is 15.3 Å². The van der Waals surface area contributed by atoms with E-state index < -0.39 is 5.97 Å². The van der Waals surface area contributed by atoms with Gasteiger partial charge in [-0.25, -0.2) is 4.79 Å². The third-order valence-electron chi connectivity index (χ3n) is 5.19. The number of aryl methyl sites for hydroxylation is 1. The summed E-state index contributed by atoms with van der Waals surface area (Å²) in [4.78, 5) is 25.4. The topological polar surface area (TPSA) is 87.5 Å². The number of nitrogens with zero attached hydrogens (tertiary/aromatic N) is 3. The van der Waals surface area contributed by atoms with Gasteiger partial charge in [-0.2, -0.15) is 5.10 Å². The molecule has 0 aromatic carbocycles. The first-order valence-corrected chi connectivity index (χ1v) is 8.82. The highest BCUT2D eigenvalue weighted by Gasteiger charge is 2.30. The van der Waals surface area contributed by atoms with Crippen LogP contribution in [0.15, 0.2) is 12.4 Å². The first-order valence-electron chi connectivity index (χ1n) is 8.82. The van der Waals surface area contributed by atoms with Crippen molar-refractivity contribution in [2.75, 3.05) is 13.1 Å². The second-order valence-electron chi connectivity index (χ2n) is 7.08. The van der Waals surface area contributed by atoms with Crippen LogP contribution < -0.4 is 5.32 Å². The number of nitrogens with one attached hydrogen (secondary N) is 1. The number of amides is 2. The summed E-state index contributed by atoms with van der Waals surface area (Å²) in [6, 6.07) is 0.309. The molecule has 7 heteroatoms. The normalized spacial score (nSPS) is 27.7. The van der Waals surface area contributed by atoms with E-state index in [0.717, 1.165) is 37.8 Å². The summed E-state index contributed by atoms with van der Waals surface area (Å²) >= 11 is 0. The van der Waals surface area contributed by atoms with Gasteiger partial charge in [-0.3, -0.25) is 9.48 Å². The average molecular weight is 334 g/mol. The molecule has 1 saturated heterocycles. The van der Waals surface area contributed by atoms with E-state index in [1.807, 2.05) is 28.9 Å². The fourth-order valence-electron chi connectivity index (χ4n) is 3.74. The molecule has 2 fully saturated rings. The third kappa shape index (κ3) is 3.88. The summed E-state index contributed by atoms with van der Waals surface area (Å²) < 4.78 is 1.97. The zero-order valence-corrected chi connectivity index (χ0v) is 14.1. The second kappa shape index (κ2) is 7.23. The molecule has 7 nitrogen and oxygen atoms in total. The molecule has 1 unspecified atom stereocenters. The standard InChI is InChI=1S/C17H26N4O3/c1-12-9-18-21(10-12)15-3-2-8-20(11-15)17(24)19-14-6-4-13(5-7-14)16(22)23/h9-10,13-15H,2-8,11H2,1H3,(H,19,24)(H,22,23). The molecule has 1 saturated carbocycles. The fraction of sp³-hybridized carbons (Fsp3) is 0.706. The summed E-state index contributed by atoms with van der Waals surface area (Å²) in [5, 5.41) is 16.5. The van der Waals surface area contributed by atoms with Gasteiger partial charge in [-0.1, -0.05) is 0 Å². The molecule has 2 aliphatic rings. The van der Waals surface area contributed by atoms with Crippen molar-refractivity contribution in [3.8, 4) is 0 Å². The summed E-state index contributed by atoms with van der Waals surface area (Å²) in [5.41, 5.74) is 1.13. The van der Waals surface area contributed by atoms with Crippen molar-refractivity contribution < 1.29 is 14.7 Å². The Kier molecular flexibility index (Phi) is 5.06. The van der Waals surface area contributed by atoms with E-state index in [2.05, 4.69) is 10.4 Å². The van der Waals surface area contributed by atoms with Crippen molar-refractivity contribution in [2.45, 2.75) is 57.5 Å². The molecule has 1 aromatic heterocycles. The van der Waals surface area contributed by atoms with Crippen molar-refractivity contribution in [1.82, 2.24) is 20.0 Å². The van der Waals surface area contributed by atoms with Crippen molar-refractivity contribution in [1.29, 1.82) is 0 Å². The Morgan fingerprint density at radius 1 is 1.25 bits per heavy atom. The van der Waals surface area contributed by atoms with E-state index in [4.69, 9.17) is 5.11 Å². The summed E-state index contributed by atoms with van der Waals surface area (Å²) in [5.74, 6) is -0.964. The highest BCUT2D eigenvalue weighted by molar-refractivity contribution is 5.75. The average Bonchev–Trinajstić information content (AvgIpc) is 3.02. The minimum absolute atomic E-state index is 0.0256. The van der Waals surface area contributed by atoms with Crippen molar-refractivity contribution in [3.05, 3.63) is 18.0 Å². The van der Waals surface area contributed by atoms with E-state index in [9.17, 15) is 9.59 Å². The zero-order chi connectivity index (χ0) is 17.1. The molecule has 0 radical (unpaired) electrons. The molecule has 1 aromatic rings. The maximum absolute atomic E-state index is 12.5. The molecule has 2 amide bonds. The van der Waals surface area contributed by atoms with Crippen LogP contribution in [0.25, 0.3) is 0 Å². The number of urea groups is 1. The molecule has 2 N–H and O–H groups in total. The second-order valence-corrected chi connectivity index (χ2v) is 7.08. The van der Waals surface area contributed by atoms with Gasteiger partial charge in [-0.05, 0) is 51.0 Å². The minimum Gasteiger partial charge on any atom is -0.481 e. The smallest absolute Gasteiger partial charge is 0.317 e. The SMILES string of the molecule is Cc1cnn(C2CCCN(C(=O)NC3CCC(C(=O)O)CC3)C2)c1. The number of carbonyl (C=O) groups is 2. The molecular formula is C17H26N4O3. The van der Waals surface area contributed by atoms with E-state index in [-0.39, 0.29) is 24.0 Å². The van der Waals surface area contributed by atoms with Crippen LogP contribution in [0, 0.1) is 12.8 Å². The predicted molar refractivity (Wildman–Crippen MR) is 88.7 cm³/mol. The van der Waals surface area contributed by atoms with Crippen molar-refractivity contribution in [2.24, 2.45) is 5.92 Å². The highest BCUT2D eigenvalue weighted by atomic mass is 16.4. The van der Waals surface area contributed by atoms with E-state index in [1.165, 1.54) is 0 Å². The zero-order valence-electron chi connectivity index (χ0n) is 14.1. The lowest BCUT2D eigenvalue weighted by Gasteiger charge is -2.35. The van der Waals surface area contributed by atoms with Gasteiger partial charge in [0.15, 0.2) is 0 Å². The fourth-order valence-corrected chi connectivity index (χ4v) is 3.74. The van der Waals surface area contributed by atoms with E-state index >= 15 is 0 Å². The predicted octanol–water partition coefficient (Wildman–Crippen LogP) is 2.18. The summed E-state index contributed by atoms with van der Waals surface area (Å²) in [6.07, 6.45) is 8.68. The Balaban J connectivity index is 1.51. The summed E-state index contributed by atoms with van der Waals surface area (Å²) in [7, 11) is 0. The monoisotopic (exact) mass is 334 g/mol. The molecule has 1 aliphatic carbocycles. The minimum atomic E-state index is -0.715. The lowest BCUT2D eigenvalue weighted by molar-refractivity contribution is -0.142. The molecule has 3 rings (SSSR count). The molecule has 24 heavy (non-hydrogen) atoms. The number of aromatic nitrogens is 2. The number of piperidine rings is 1. The van der Waals surface area contributed by atoms with E-state index in [0.29, 0.717) is 19.4 Å². The number of hydrogen-bond donors (Lipinski definition) is 2. The van der Waals surface area contributed by atoms with Crippen LogP contribution in [0.2, 0.25) is 0 Å². The van der Waals surface area contributed by atoms with Gasteiger partial charge in [0.1, 0.15) is 0 Å². The maximum Gasteiger partial charge on any atom is 0.317 e. The number of hydrogen-bond acceptors (Lipinski definition) is 3. The highest BCUT2D eigenvalue weighted by Crippen LogP contribution is 2.25. The van der Waals surface area contributed by atoms with Crippen LogP contribution in [0.1, 0.15) is 50.1 Å². The van der Waals surface area contributed by atoms with Gasteiger partial charge in [-0.15, -0.1) is 0 Å². The Morgan fingerprint density at radius 3 is 2.62 bits per heavy atom. The number of rotatable bonds is 3. The quantitative estimate of drug-likeness (QED) is 0.887. The first kappa shape index (κ1) is 16.8. The largest absolute Gasteiger partial charge is 0.481 e. The van der Waals surface area contributed by atoms with Gasteiger partial charge in [0.2, 0.25) is 0 Å². The maximum atomic E-state index is 12.5. The molecule has 0 spiro atoms. The van der Waals surface area contributed by atoms with Crippen LogP contribution in [-0.2, 0) is 4.79 Å². The van der Waals surface area contributed by atoms with E-state index in [1.54, 1.807) is 0 Å². The molecular weight excluding hydrogens is 308 g/mol. The third-order valence-corrected chi connectivity index (χ3v) is 5.19. The van der Waals surface area contributed by atoms with Gasteiger partial charge >= 0.3 is 12.0 Å². The number of carbonyl (C=O) groups excluding carboxylic acids is 1. The first-order chi connectivity index (χ1) is 11.5. The van der Waals surface area contributed by atoms with Crippen LogP contribution in [0.3, 0.4) is 0 Å². The van der Waals surface area contributed by atoms with Crippen LogP contribution in [0.5, 0.6) is 0 Å². The molecule has 1 atom stereocenters. The Hall–Kier alpha value is -2.05. The van der Waals surface area contributed by atoms with Crippen molar-refractivity contribution in [3.63, 3.8) is 0 Å². The van der Waals surface area contributed by atoms with Crippen molar-refractivity contribution >= 4 is 12.0 Å². The molecule has 0 bridgehead atoms. The van der Waals surface area contributed by atoms with Crippen LogP contribution >= 0.6 is 0 Å². The Bertz CT molecular complexity index is 592. The number of likely N-dealkylation sites (tertiary alicyclic amines) is 1. The molecule has 2 heterocycles. The lowest BCUT2D eigenvalue weighted by Crippen LogP contribution is -2.49. The van der Waals surface area contributed by atoms with Gasteiger partial charge in [0, 0.05) is 25.3 Å². The lowest BCUT2D eigenvalue weighted by atomic mass is 9.86.